The second-order valence-electron chi connectivity index (χ2n) is 6.51. The van der Waals surface area contributed by atoms with E-state index in [0.29, 0.717) is 4.47 Å². The lowest BCUT2D eigenvalue weighted by Crippen LogP contribution is -2.12. The van der Waals surface area contributed by atoms with Crippen molar-refractivity contribution >= 4 is 42.7 Å². The third-order valence-corrected chi connectivity index (χ3v) is 6.51. The number of benzene rings is 2. The van der Waals surface area contributed by atoms with Gasteiger partial charge in [0.25, 0.3) is 10.0 Å². The third kappa shape index (κ3) is 3.41. The van der Waals surface area contributed by atoms with Crippen LogP contribution in [-0.2, 0) is 10.0 Å². The zero-order valence-corrected chi connectivity index (χ0v) is 17.8. The van der Waals surface area contributed by atoms with Gasteiger partial charge in [0.1, 0.15) is 0 Å². The van der Waals surface area contributed by atoms with Crippen molar-refractivity contribution in [2.75, 3.05) is 5.73 Å². The first-order chi connectivity index (χ1) is 14.2. The second-order valence-corrected chi connectivity index (χ2v) is 9.24. The van der Waals surface area contributed by atoms with Crippen LogP contribution in [0.25, 0.3) is 11.0 Å². The highest BCUT2D eigenvalue weighted by atomic mass is 79.9. The van der Waals surface area contributed by atoms with Crippen molar-refractivity contribution in [3.8, 4) is 11.5 Å². The number of rotatable bonds is 4. The van der Waals surface area contributed by atoms with Gasteiger partial charge >= 0.3 is 0 Å². The first-order valence-corrected chi connectivity index (χ1v) is 10.8. The van der Waals surface area contributed by atoms with Gasteiger partial charge in [-0.1, -0.05) is 17.7 Å². The molecule has 0 aliphatic heterocycles. The second kappa shape index (κ2) is 7.37. The Bertz CT molecular complexity index is 1390. The Balaban J connectivity index is 1.92. The summed E-state index contributed by atoms with van der Waals surface area (Å²) < 4.78 is 61.8. The number of nitrogens with zero attached hydrogens (tertiary/aromatic N) is 2. The van der Waals surface area contributed by atoms with Gasteiger partial charge in [0.2, 0.25) is 5.75 Å². The lowest BCUT2D eigenvalue weighted by molar-refractivity contribution is 0.412. The lowest BCUT2D eigenvalue weighted by Gasteiger charge is -2.08. The lowest BCUT2D eigenvalue weighted by atomic mass is 10.2. The van der Waals surface area contributed by atoms with E-state index < -0.39 is 27.4 Å². The maximum Gasteiger partial charge on any atom is 0.269 e. The van der Waals surface area contributed by atoms with Crippen molar-refractivity contribution in [1.82, 2.24) is 8.96 Å². The number of fused-ring (bicyclic) bond motifs is 1. The number of anilines is 1. The molecule has 0 unspecified atom stereocenters. The average Bonchev–Trinajstić information content (AvgIpc) is 3.07. The summed E-state index contributed by atoms with van der Waals surface area (Å²) in [4.78, 5) is 4.19. The quantitative estimate of drug-likeness (QED) is 0.404. The van der Waals surface area contributed by atoms with Crippen molar-refractivity contribution in [3.05, 3.63) is 76.5 Å². The fourth-order valence-electron chi connectivity index (χ4n) is 2.87. The summed E-state index contributed by atoms with van der Waals surface area (Å²) in [5.74, 6) is -2.90. The Morgan fingerprint density at radius 1 is 1.13 bits per heavy atom. The highest BCUT2D eigenvalue weighted by Crippen LogP contribution is 2.37. The largest absolute Gasteiger partial charge is 0.449 e. The molecule has 2 aromatic heterocycles. The van der Waals surface area contributed by atoms with E-state index in [-0.39, 0.29) is 27.4 Å². The molecule has 2 N–H and O–H groups in total. The molecule has 0 saturated heterocycles. The minimum Gasteiger partial charge on any atom is -0.449 e. The molecule has 0 atom stereocenters. The molecule has 0 spiro atoms. The van der Waals surface area contributed by atoms with E-state index in [2.05, 4.69) is 20.9 Å². The molecule has 154 valence electrons. The minimum atomic E-state index is -4.05. The van der Waals surface area contributed by atoms with Crippen molar-refractivity contribution in [2.45, 2.75) is 11.8 Å². The molecule has 2 heterocycles. The summed E-state index contributed by atoms with van der Waals surface area (Å²) in [5, 5.41) is 0.237. The molecule has 2 aromatic carbocycles. The molecule has 0 aliphatic carbocycles. The highest BCUT2D eigenvalue weighted by Gasteiger charge is 2.25. The van der Waals surface area contributed by atoms with Crippen LogP contribution in [0, 0.1) is 18.6 Å². The van der Waals surface area contributed by atoms with Crippen LogP contribution in [0.4, 0.5) is 14.5 Å². The van der Waals surface area contributed by atoms with Gasteiger partial charge in [-0.25, -0.2) is 26.2 Å². The molecule has 10 heteroatoms. The van der Waals surface area contributed by atoms with Crippen LogP contribution >= 0.6 is 15.9 Å². The monoisotopic (exact) mass is 493 g/mol. The molecule has 4 rings (SSSR count). The molecule has 30 heavy (non-hydrogen) atoms. The number of nitrogens with two attached hydrogens (primary N) is 1. The standard InChI is InChI=1S/C20H14BrF2N3O3S/c1-11-2-4-13(5-3-11)30(27,28)26-10-17(14-8-12(21)9-25-20(14)26)29-19-15(22)6-7-16(24)18(19)23/h2-10H,24H2,1H3. The van der Waals surface area contributed by atoms with Gasteiger partial charge in [-0.05, 0) is 53.2 Å². The number of halogens is 3. The van der Waals surface area contributed by atoms with E-state index in [1.165, 1.54) is 18.3 Å². The van der Waals surface area contributed by atoms with Gasteiger partial charge < -0.3 is 10.5 Å². The Kier molecular flexibility index (Phi) is 4.99. The van der Waals surface area contributed by atoms with Crippen molar-refractivity contribution in [3.63, 3.8) is 0 Å². The van der Waals surface area contributed by atoms with E-state index in [1.54, 1.807) is 18.2 Å². The maximum absolute atomic E-state index is 14.3. The average molecular weight is 494 g/mol. The molecule has 0 radical (unpaired) electrons. The van der Waals surface area contributed by atoms with Gasteiger partial charge in [0, 0.05) is 10.7 Å². The first kappa shape index (κ1) is 20.3. The van der Waals surface area contributed by atoms with E-state index in [1.807, 2.05) is 6.92 Å². The minimum absolute atomic E-state index is 0.0302. The zero-order valence-electron chi connectivity index (χ0n) is 15.4. The number of nitrogen functional groups attached to an aromatic ring is 1. The maximum atomic E-state index is 14.3. The number of ether oxygens (including phenoxy) is 1. The van der Waals surface area contributed by atoms with Crippen molar-refractivity contribution < 1.29 is 21.9 Å². The molecule has 0 bridgehead atoms. The Morgan fingerprint density at radius 3 is 2.53 bits per heavy atom. The highest BCUT2D eigenvalue weighted by molar-refractivity contribution is 9.10. The summed E-state index contributed by atoms with van der Waals surface area (Å²) in [7, 11) is -4.05. The molecule has 0 aliphatic rings. The number of aryl methyl sites for hydroxylation is 1. The van der Waals surface area contributed by atoms with E-state index >= 15 is 0 Å². The van der Waals surface area contributed by atoms with Crippen LogP contribution in [0.15, 0.2) is 64.2 Å². The van der Waals surface area contributed by atoms with Gasteiger partial charge in [-0.3, -0.25) is 0 Å². The van der Waals surface area contributed by atoms with E-state index in [4.69, 9.17) is 10.5 Å². The Hall–Kier alpha value is -2.98. The predicted octanol–water partition coefficient (Wildman–Crippen LogP) is 5.00. The molecule has 0 saturated carbocycles. The van der Waals surface area contributed by atoms with E-state index in [0.717, 1.165) is 27.9 Å². The number of hydrogen-bond acceptors (Lipinski definition) is 5. The Labute approximate surface area is 179 Å². The third-order valence-electron chi connectivity index (χ3n) is 4.41. The summed E-state index contributed by atoms with van der Waals surface area (Å²) in [5.41, 5.74) is 6.13. The summed E-state index contributed by atoms with van der Waals surface area (Å²) in [6, 6.07) is 9.83. The smallest absolute Gasteiger partial charge is 0.269 e. The fraction of sp³-hybridized carbons (Fsp3) is 0.0500. The molecule has 0 fully saturated rings. The SMILES string of the molecule is Cc1ccc(S(=O)(=O)n2cc(Oc3c(F)ccc(N)c3F)c3cc(Br)cnc32)cc1. The molecular weight excluding hydrogens is 480 g/mol. The topological polar surface area (TPSA) is 87.2 Å². The van der Waals surface area contributed by atoms with Gasteiger partial charge in [0.15, 0.2) is 23.0 Å². The van der Waals surface area contributed by atoms with Crippen LogP contribution in [0.1, 0.15) is 5.56 Å². The van der Waals surface area contributed by atoms with Gasteiger partial charge in [-0.2, -0.15) is 0 Å². The fourth-order valence-corrected chi connectivity index (χ4v) is 4.51. The van der Waals surface area contributed by atoms with Crippen molar-refractivity contribution in [1.29, 1.82) is 0 Å². The van der Waals surface area contributed by atoms with Crippen LogP contribution < -0.4 is 10.5 Å². The normalized spacial score (nSPS) is 11.7. The molecule has 4 aromatic rings. The van der Waals surface area contributed by atoms with Crippen LogP contribution in [-0.4, -0.2) is 17.4 Å². The van der Waals surface area contributed by atoms with Crippen molar-refractivity contribution in [2.24, 2.45) is 0 Å². The van der Waals surface area contributed by atoms with Crippen LogP contribution in [0.3, 0.4) is 0 Å². The summed E-state index contributed by atoms with van der Waals surface area (Å²) >= 11 is 3.26. The first-order valence-electron chi connectivity index (χ1n) is 8.58. The number of hydrogen-bond donors (Lipinski definition) is 1. The van der Waals surface area contributed by atoms with Gasteiger partial charge in [-0.15, -0.1) is 0 Å². The molecule has 0 amide bonds. The summed E-state index contributed by atoms with van der Waals surface area (Å²) in [6.45, 7) is 1.83. The number of aromatic nitrogens is 2. The summed E-state index contributed by atoms with van der Waals surface area (Å²) in [6.07, 6.45) is 2.54. The predicted molar refractivity (Wildman–Crippen MR) is 112 cm³/mol. The van der Waals surface area contributed by atoms with Crippen LogP contribution in [0.2, 0.25) is 0 Å². The number of pyridine rings is 1. The van der Waals surface area contributed by atoms with Crippen LogP contribution in [0.5, 0.6) is 11.5 Å². The van der Waals surface area contributed by atoms with E-state index in [9.17, 15) is 17.2 Å². The van der Waals surface area contributed by atoms with Gasteiger partial charge in [0.05, 0.1) is 22.2 Å². The molecular formula is C20H14BrF2N3O3S. The zero-order chi connectivity index (χ0) is 21.6. The Morgan fingerprint density at radius 2 is 1.83 bits per heavy atom. The molecule has 6 nitrogen and oxygen atoms in total.